The Balaban J connectivity index is 0. The first-order valence-corrected chi connectivity index (χ1v) is 8.28. The average Bonchev–Trinajstić information content (AvgIpc) is 2.53. The summed E-state index contributed by atoms with van der Waals surface area (Å²) < 4.78 is 0. The van der Waals surface area contributed by atoms with Gasteiger partial charge < -0.3 is 15.3 Å². The number of unbranched alkanes of at least 4 members (excludes halogenated alkanes) is 8. The number of carboxylic acid groups (broad SMARTS) is 1. The molecule has 0 aliphatic carbocycles. The van der Waals surface area contributed by atoms with Crippen LogP contribution in [-0.4, -0.2) is 33.5 Å². The van der Waals surface area contributed by atoms with E-state index in [1.165, 1.54) is 57.1 Å². The van der Waals surface area contributed by atoms with Gasteiger partial charge in [0, 0.05) is 6.42 Å². The summed E-state index contributed by atoms with van der Waals surface area (Å²) in [4.78, 5) is 10.2. The van der Waals surface area contributed by atoms with Crippen molar-refractivity contribution in [3.8, 4) is 0 Å². The van der Waals surface area contributed by atoms with Crippen LogP contribution in [-0.2, 0) is 4.79 Å². The SMILES string of the molecule is C=CC(O)(C=C)CO.CCCCCCCCCCCC(=O)O. The number of aliphatic carboxylic acids is 1. The third-order valence-corrected chi connectivity index (χ3v) is 3.45. The van der Waals surface area contributed by atoms with Crippen molar-refractivity contribution >= 4 is 5.97 Å². The minimum Gasteiger partial charge on any atom is -0.481 e. The van der Waals surface area contributed by atoms with E-state index in [-0.39, 0.29) is 6.61 Å². The molecule has 0 aliphatic rings. The summed E-state index contributed by atoms with van der Waals surface area (Å²) in [6, 6.07) is 0. The van der Waals surface area contributed by atoms with Crippen molar-refractivity contribution in [3.63, 3.8) is 0 Å². The van der Waals surface area contributed by atoms with Crippen LogP contribution >= 0.6 is 0 Å². The highest BCUT2D eigenvalue weighted by molar-refractivity contribution is 5.66. The second kappa shape index (κ2) is 16.2. The molecule has 0 aliphatic heterocycles. The maximum atomic E-state index is 10.2. The highest BCUT2D eigenvalue weighted by atomic mass is 16.4. The molecule has 0 aromatic carbocycles. The van der Waals surface area contributed by atoms with Crippen molar-refractivity contribution in [2.75, 3.05) is 6.61 Å². The van der Waals surface area contributed by atoms with Gasteiger partial charge in [0.2, 0.25) is 0 Å². The Hall–Kier alpha value is -1.13. The Morgan fingerprint density at radius 3 is 1.64 bits per heavy atom. The maximum Gasteiger partial charge on any atom is 0.303 e. The lowest BCUT2D eigenvalue weighted by Gasteiger charge is -2.14. The lowest BCUT2D eigenvalue weighted by molar-refractivity contribution is -0.137. The summed E-state index contributed by atoms with van der Waals surface area (Å²) in [7, 11) is 0. The third kappa shape index (κ3) is 16.9. The van der Waals surface area contributed by atoms with Gasteiger partial charge in [0.25, 0.3) is 0 Å². The molecule has 0 heterocycles. The molecule has 0 unspecified atom stereocenters. The minimum absolute atomic E-state index is 0.343. The normalized spacial score (nSPS) is 10.5. The summed E-state index contributed by atoms with van der Waals surface area (Å²) >= 11 is 0. The fourth-order valence-electron chi connectivity index (χ4n) is 1.80. The second-order valence-electron chi connectivity index (χ2n) is 5.53. The highest BCUT2D eigenvalue weighted by Crippen LogP contribution is 2.10. The van der Waals surface area contributed by atoms with Crippen molar-refractivity contribution in [1.82, 2.24) is 0 Å². The minimum atomic E-state index is -1.29. The average molecular weight is 314 g/mol. The second-order valence-corrected chi connectivity index (χ2v) is 5.53. The zero-order valence-electron chi connectivity index (χ0n) is 14.1. The zero-order valence-corrected chi connectivity index (χ0v) is 14.1. The predicted molar refractivity (Wildman–Crippen MR) is 91.9 cm³/mol. The van der Waals surface area contributed by atoms with Crippen LogP contribution in [0.1, 0.15) is 71.1 Å². The summed E-state index contributed by atoms with van der Waals surface area (Å²) in [5, 5.41) is 25.8. The monoisotopic (exact) mass is 314 g/mol. The number of hydrogen-bond donors (Lipinski definition) is 3. The van der Waals surface area contributed by atoms with E-state index in [4.69, 9.17) is 15.3 Å². The number of carboxylic acids is 1. The molecule has 0 atom stereocenters. The van der Waals surface area contributed by atoms with Crippen molar-refractivity contribution < 1.29 is 20.1 Å². The molecule has 0 bridgehead atoms. The first kappa shape index (κ1) is 23.1. The number of carbonyl (C=O) groups is 1. The van der Waals surface area contributed by atoms with Gasteiger partial charge in [0.05, 0.1) is 6.61 Å². The number of aliphatic hydroxyl groups is 2. The van der Waals surface area contributed by atoms with Crippen molar-refractivity contribution in [3.05, 3.63) is 25.3 Å². The van der Waals surface area contributed by atoms with E-state index in [1.54, 1.807) is 0 Å². The van der Waals surface area contributed by atoms with Crippen molar-refractivity contribution in [2.24, 2.45) is 0 Å². The molecule has 0 radical (unpaired) electrons. The van der Waals surface area contributed by atoms with Gasteiger partial charge in [-0.1, -0.05) is 83.6 Å². The Bertz CT molecular complexity index is 279. The van der Waals surface area contributed by atoms with E-state index in [0.717, 1.165) is 12.8 Å². The van der Waals surface area contributed by atoms with E-state index in [0.29, 0.717) is 6.42 Å². The highest BCUT2D eigenvalue weighted by Gasteiger charge is 2.14. The standard InChI is InChI=1S/C12H24O2.C6H10O2/c1-2-3-4-5-6-7-8-9-10-11-12(13)14;1-3-6(8,4-2)5-7/h2-11H2,1H3,(H,13,14);3-4,7-8H,1-2,5H2. The van der Waals surface area contributed by atoms with Gasteiger partial charge in [-0.15, -0.1) is 0 Å². The first-order valence-electron chi connectivity index (χ1n) is 8.28. The van der Waals surface area contributed by atoms with E-state index in [2.05, 4.69) is 20.1 Å². The Morgan fingerprint density at radius 2 is 1.36 bits per heavy atom. The molecule has 4 heteroatoms. The summed E-state index contributed by atoms with van der Waals surface area (Å²) in [5.74, 6) is -0.659. The van der Waals surface area contributed by atoms with Crippen molar-refractivity contribution in [2.45, 2.75) is 76.7 Å². The molecule has 22 heavy (non-hydrogen) atoms. The van der Waals surface area contributed by atoms with Gasteiger partial charge in [0.15, 0.2) is 0 Å². The molecule has 0 fully saturated rings. The predicted octanol–water partition coefficient (Wildman–Crippen LogP) is 4.07. The van der Waals surface area contributed by atoms with Gasteiger partial charge in [-0.2, -0.15) is 0 Å². The molecule has 0 aromatic rings. The van der Waals surface area contributed by atoms with Crippen LogP contribution in [0.4, 0.5) is 0 Å². The molecule has 4 nitrogen and oxygen atoms in total. The molecule has 3 N–H and O–H groups in total. The van der Waals surface area contributed by atoms with Gasteiger partial charge in [-0.3, -0.25) is 4.79 Å². The topological polar surface area (TPSA) is 77.8 Å². The third-order valence-electron chi connectivity index (χ3n) is 3.45. The first-order chi connectivity index (χ1) is 10.5. The molecule has 0 amide bonds. The van der Waals surface area contributed by atoms with Gasteiger partial charge in [-0.25, -0.2) is 0 Å². The van der Waals surface area contributed by atoms with Crippen LogP contribution in [0.5, 0.6) is 0 Å². The summed E-state index contributed by atoms with van der Waals surface area (Å²) in [6.45, 7) is 8.45. The van der Waals surface area contributed by atoms with Gasteiger partial charge in [-0.05, 0) is 6.42 Å². The quantitative estimate of drug-likeness (QED) is 0.354. The van der Waals surface area contributed by atoms with Crippen LogP contribution in [0.2, 0.25) is 0 Å². The number of hydrogen-bond acceptors (Lipinski definition) is 3. The summed E-state index contributed by atoms with van der Waals surface area (Å²) in [5.41, 5.74) is -1.29. The fraction of sp³-hybridized carbons (Fsp3) is 0.722. The van der Waals surface area contributed by atoms with Crippen LogP contribution in [0.3, 0.4) is 0 Å². The largest absolute Gasteiger partial charge is 0.481 e. The van der Waals surface area contributed by atoms with E-state index in [9.17, 15) is 4.79 Å². The zero-order chi connectivity index (χ0) is 17.3. The molecular weight excluding hydrogens is 280 g/mol. The van der Waals surface area contributed by atoms with Crippen LogP contribution < -0.4 is 0 Å². The Labute approximate surface area is 135 Å². The Morgan fingerprint density at radius 1 is 0.955 bits per heavy atom. The number of aliphatic hydroxyl groups excluding tert-OH is 1. The van der Waals surface area contributed by atoms with E-state index < -0.39 is 11.6 Å². The van der Waals surface area contributed by atoms with Gasteiger partial charge >= 0.3 is 5.97 Å². The molecule has 0 aromatic heterocycles. The smallest absolute Gasteiger partial charge is 0.303 e. The van der Waals surface area contributed by atoms with E-state index in [1.807, 2.05) is 0 Å². The molecular formula is C18H34O4. The van der Waals surface area contributed by atoms with Crippen LogP contribution in [0.25, 0.3) is 0 Å². The molecule has 0 saturated carbocycles. The lowest BCUT2D eigenvalue weighted by Crippen LogP contribution is -2.26. The van der Waals surface area contributed by atoms with Crippen LogP contribution in [0.15, 0.2) is 25.3 Å². The van der Waals surface area contributed by atoms with Crippen LogP contribution in [0, 0.1) is 0 Å². The van der Waals surface area contributed by atoms with Crippen molar-refractivity contribution in [1.29, 1.82) is 0 Å². The maximum absolute atomic E-state index is 10.2. The van der Waals surface area contributed by atoms with Gasteiger partial charge in [0.1, 0.15) is 5.60 Å². The molecule has 130 valence electrons. The molecule has 0 saturated heterocycles. The number of rotatable bonds is 13. The Kier molecular flexibility index (Phi) is 17.1. The fourth-order valence-corrected chi connectivity index (χ4v) is 1.80. The van der Waals surface area contributed by atoms with E-state index >= 15 is 0 Å². The molecule has 0 spiro atoms. The summed E-state index contributed by atoms with van der Waals surface area (Å²) in [6.07, 6.45) is 14.0. The lowest BCUT2D eigenvalue weighted by atomic mass is 10.1. The molecule has 0 rings (SSSR count).